The fourth-order valence-electron chi connectivity index (χ4n) is 2.77. The molecule has 0 saturated carbocycles. The van der Waals surface area contributed by atoms with Gasteiger partial charge in [-0.25, -0.2) is 14.6 Å². The van der Waals surface area contributed by atoms with Crippen molar-refractivity contribution in [3.63, 3.8) is 0 Å². The summed E-state index contributed by atoms with van der Waals surface area (Å²) < 4.78 is 10.7. The highest BCUT2D eigenvalue weighted by Crippen LogP contribution is 2.32. The average Bonchev–Trinajstić information content (AvgIpc) is 3.22. The largest absolute Gasteiger partial charge is 0.496 e. The molecule has 4 N–H and O–H groups in total. The number of carbonyl (C=O) groups is 2. The number of anilines is 2. The van der Waals surface area contributed by atoms with E-state index >= 15 is 0 Å². The first-order valence-electron chi connectivity index (χ1n) is 8.70. The van der Waals surface area contributed by atoms with Crippen LogP contribution in [0.3, 0.4) is 0 Å². The number of amides is 3. The van der Waals surface area contributed by atoms with Gasteiger partial charge in [0.25, 0.3) is 0 Å². The highest BCUT2D eigenvalue weighted by atomic mass is 16.5. The van der Waals surface area contributed by atoms with Gasteiger partial charge in [-0.1, -0.05) is 12.1 Å². The standard InChI is InChI=1S/C20H20N4O5/c1-12(22-20(26)27)13-4-3-5-14(8-13)23-19(25)24-15-6-7-16(17(9-15)28-2)18-10-21-11-29-18/h3-12,22H,1-2H3,(H,26,27)(H2,23,24,25)/t12-/m0/s1. The lowest BCUT2D eigenvalue weighted by molar-refractivity contribution is 0.191. The molecule has 9 nitrogen and oxygen atoms in total. The van der Waals surface area contributed by atoms with Crippen LogP contribution in [-0.4, -0.2) is 29.3 Å². The molecule has 3 rings (SSSR count). The predicted molar refractivity (Wildman–Crippen MR) is 107 cm³/mol. The quantitative estimate of drug-likeness (QED) is 0.491. The molecule has 3 aromatic rings. The van der Waals surface area contributed by atoms with Gasteiger partial charge < -0.3 is 30.2 Å². The second kappa shape index (κ2) is 8.79. The summed E-state index contributed by atoms with van der Waals surface area (Å²) in [6.45, 7) is 1.72. The van der Waals surface area contributed by atoms with Crippen molar-refractivity contribution < 1.29 is 23.8 Å². The average molecular weight is 396 g/mol. The molecular weight excluding hydrogens is 376 g/mol. The maximum atomic E-state index is 12.4. The Balaban J connectivity index is 1.69. The fourth-order valence-corrected chi connectivity index (χ4v) is 2.77. The van der Waals surface area contributed by atoms with Gasteiger partial charge in [-0.05, 0) is 36.8 Å². The molecule has 29 heavy (non-hydrogen) atoms. The van der Waals surface area contributed by atoms with Crippen molar-refractivity contribution in [2.45, 2.75) is 13.0 Å². The first kappa shape index (κ1) is 19.7. The van der Waals surface area contributed by atoms with Crippen molar-refractivity contribution in [3.05, 3.63) is 60.6 Å². The summed E-state index contributed by atoms with van der Waals surface area (Å²) in [4.78, 5) is 27.0. The van der Waals surface area contributed by atoms with Gasteiger partial charge in [0, 0.05) is 17.4 Å². The summed E-state index contributed by atoms with van der Waals surface area (Å²) in [6.07, 6.45) is 1.79. The third kappa shape index (κ3) is 5.04. The topological polar surface area (TPSA) is 126 Å². The molecule has 0 aliphatic rings. The maximum absolute atomic E-state index is 12.4. The lowest BCUT2D eigenvalue weighted by Crippen LogP contribution is -2.24. The van der Waals surface area contributed by atoms with E-state index in [-0.39, 0.29) is 0 Å². The smallest absolute Gasteiger partial charge is 0.405 e. The number of carboxylic acid groups (broad SMARTS) is 1. The molecule has 2 aromatic carbocycles. The van der Waals surface area contributed by atoms with Crippen molar-refractivity contribution >= 4 is 23.5 Å². The van der Waals surface area contributed by atoms with Gasteiger partial charge in [-0.15, -0.1) is 0 Å². The van der Waals surface area contributed by atoms with Crippen LogP contribution in [0.2, 0.25) is 0 Å². The molecule has 0 bridgehead atoms. The van der Waals surface area contributed by atoms with E-state index in [4.69, 9.17) is 14.3 Å². The van der Waals surface area contributed by atoms with Crippen LogP contribution in [-0.2, 0) is 0 Å². The Morgan fingerprint density at radius 2 is 1.90 bits per heavy atom. The Kier molecular flexibility index (Phi) is 5.98. The number of rotatable bonds is 6. The van der Waals surface area contributed by atoms with Crippen LogP contribution < -0.4 is 20.7 Å². The Labute approximate surface area is 166 Å². The van der Waals surface area contributed by atoms with Gasteiger partial charge in [0.15, 0.2) is 12.2 Å². The van der Waals surface area contributed by atoms with Gasteiger partial charge >= 0.3 is 12.1 Å². The maximum Gasteiger partial charge on any atom is 0.405 e. The number of aromatic nitrogens is 1. The first-order chi connectivity index (χ1) is 14.0. The molecule has 1 aromatic heterocycles. The number of hydrogen-bond acceptors (Lipinski definition) is 5. The van der Waals surface area contributed by atoms with Crippen molar-refractivity contribution in [2.24, 2.45) is 0 Å². The minimum atomic E-state index is -1.11. The number of nitrogens with one attached hydrogen (secondary N) is 3. The van der Waals surface area contributed by atoms with E-state index in [1.54, 1.807) is 55.6 Å². The predicted octanol–water partition coefficient (Wildman–Crippen LogP) is 4.32. The highest BCUT2D eigenvalue weighted by Gasteiger charge is 2.12. The van der Waals surface area contributed by atoms with E-state index in [9.17, 15) is 9.59 Å². The third-order valence-electron chi connectivity index (χ3n) is 4.14. The molecule has 0 saturated heterocycles. The van der Waals surface area contributed by atoms with Gasteiger partial charge in [-0.3, -0.25) is 0 Å². The van der Waals surface area contributed by atoms with Crippen LogP contribution >= 0.6 is 0 Å². The lowest BCUT2D eigenvalue weighted by atomic mass is 10.1. The van der Waals surface area contributed by atoms with Crippen LogP contribution in [0.15, 0.2) is 59.5 Å². The Hall–Kier alpha value is -4.01. The monoisotopic (exact) mass is 396 g/mol. The Bertz CT molecular complexity index is 1000. The van der Waals surface area contributed by atoms with Gasteiger partial charge in [0.05, 0.1) is 24.9 Å². The minimum Gasteiger partial charge on any atom is -0.496 e. The summed E-state index contributed by atoms with van der Waals surface area (Å²) >= 11 is 0. The van der Waals surface area contributed by atoms with Crippen molar-refractivity contribution in [1.82, 2.24) is 10.3 Å². The van der Waals surface area contributed by atoms with Gasteiger partial charge in [0.2, 0.25) is 0 Å². The summed E-state index contributed by atoms with van der Waals surface area (Å²) in [6, 6.07) is 11.2. The van der Waals surface area contributed by atoms with Crippen LogP contribution in [0, 0.1) is 0 Å². The number of urea groups is 1. The zero-order chi connectivity index (χ0) is 20.8. The second-order valence-corrected chi connectivity index (χ2v) is 6.16. The van der Waals surface area contributed by atoms with Crippen molar-refractivity contribution in [2.75, 3.05) is 17.7 Å². The number of hydrogen-bond donors (Lipinski definition) is 4. The zero-order valence-electron chi connectivity index (χ0n) is 15.8. The van der Waals surface area contributed by atoms with E-state index in [2.05, 4.69) is 20.9 Å². The molecule has 0 aliphatic heterocycles. The summed E-state index contributed by atoms with van der Waals surface area (Å²) in [5.74, 6) is 1.08. The third-order valence-corrected chi connectivity index (χ3v) is 4.14. The first-order valence-corrected chi connectivity index (χ1v) is 8.70. The van der Waals surface area contributed by atoms with E-state index in [1.807, 2.05) is 0 Å². The molecule has 0 spiro atoms. The molecule has 0 aliphatic carbocycles. The molecule has 1 atom stereocenters. The molecule has 0 radical (unpaired) electrons. The summed E-state index contributed by atoms with van der Waals surface area (Å²) in [5, 5.41) is 16.7. The number of oxazole rings is 1. The summed E-state index contributed by atoms with van der Waals surface area (Å²) in [5.41, 5.74) is 2.50. The zero-order valence-corrected chi connectivity index (χ0v) is 15.8. The van der Waals surface area contributed by atoms with Crippen molar-refractivity contribution in [3.8, 4) is 17.1 Å². The minimum absolute atomic E-state index is 0.412. The van der Waals surface area contributed by atoms with E-state index in [0.717, 1.165) is 5.56 Å². The van der Waals surface area contributed by atoms with E-state index in [0.29, 0.717) is 28.4 Å². The highest BCUT2D eigenvalue weighted by molar-refractivity contribution is 6.00. The molecule has 1 heterocycles. The number of benzene rings is 2. The van der Waals surface area contributed by atoms with E-state index < -0.39 is 18.2 Å². The molecule has 0 fully saturated rings. The Morgan fingerprint density at radius 3 is 2.55 bits per heavy atom. The van der Waals surface area contributed by atoms with E-state index in [1.165, 1.54) is 13.5 Å². The number of carbonyl (C=O) groups excluding carboxylic acids is 1. The fraction of sp³-hybridized carbons (Fsp3) is 0.150. The molecule has 150 valence electrons. The molecule has 3 amide bonds. The number of nitrogens with zero attached hydrogens (tertiary/aromatic N) is 1. The van der Waals surface area contributed by atoms with Crippen molar-refractivity contribution in [1.29, 1.82) is 0 Å². The second-order valence-electron chi connectivity index (χ2n) is 6.16. The van der Waals surface area contributed by atoms with Crippen LogP contribution in [0.4, 0.5) is 21.0 Å². The normalized spacial score (nSPS) is 11.4. The Morgan fingerprint density at radius 1 is 1.14 bits per heavy atom. The van der Waals surface area contributed by atoms with Crippen LogP contribution in [0.25, 0.3) is 11.3 Å². The molecular formula is C20H20N4O5. The lowest BCUT2D eigenvalue weighted by Gasteiger charge is -2.14. The SMILES string of the molecule is COc1cc(NC(=O)Nc2cccc([C@H](C)NC(=O)O)c2)ccc1-c1cnco1. The number of ether oxygens (including phenoxy) is 1. The number of methoxy groups -OCH3 is 1. The van der Waals surface area contributed by atoms with Gasteiger partial charge in [0.1, 0.15) is 5.75 Å². The van der Waals surface area contributed by atoms with Gasteiger partial charge in [-0.2, -0.15) is 0 Å². The molecule has 0 unspecified atom stereocenters. The molecule has 9 heteroatoms. The van der Waals surface area contributed by atoms with Crippen LogP contribution in [0.1, 0.15) is 18.5 Å². The van der Waals surface area contributed by atoms with Crippen LogP contribution in [0.5, 0.6) is 5.75 Å². The summed E-state index contributed by atoms with van der Waals surface area (Å²) in [7, 11) is 1.52.